The third kappa shape index (κ3) is 4.02. The number of carbonyl (C=O) groups excluding carboxylic acids is 1. The van der Waals surface area contributed by atoms with Crippen LogP contribution in [0.15, 0.2) is 42.7 Å². The van der Waals surface area contributed by atoms with Gasteiger partial charge in [0, 0.05) is 38.6 Å². The van der Waals surface area contributed by atoms with Gasteiger partial charge in [-0.25, -0.2) is 15.0 Å². The molecule has 8 heteroatoms. The Balaban J connectivity index is 1.23. The zero-order chi connectivity index (χ0) is 20.3. The normalized spacial score (nSPS) is 20.6. The Hall–Kier alpha value is -2.58. The van der Waals surface area contributed by atoms with Crippen molar-refractivity contribution in [2.24, 2.45) is 0 Å². The molecule has 1 aromatic carbocycles. The van der Waals surface area contributed by atoms with Gasteiger partial charge in [-0.05, 0) is 37.6 Å². The van der Waals surface area contributed by atoms with Gasteiger partial charge < -0.3 is 9.80 Å². The molecule has 0 N–H and O–H groups in total. The summed E-state index contributed by atoms with van der Waals surface area (Å²) in [5, 5.41) is 1.15. The lowest BCUT2D eigenvalue weighted by Gasteiger charge is -2.38. The number of aromatic nitrogens is 3. The summed E-state index contributed by atoms with van der Waals surface area (Å²) >= 11 is 1.77. The fraction of sp³-hybridized carbons (Fsp3) is 0.455. The molecule has 30 heavy (non-hydrogen) atoms. The van der Waals surface area contributed by atoms with Crippen LogP contribution in [0.4, 0.5) is 5.95 Å². The van der Waals surface area contributed by atoms with Gasteiger partial charge in [0.05, 0.1) is 22.8 Å². The molecule has 2 aliphatic rings. The van der Waals surface area contributed by atoms with Gasteiger partial charge in [0.2, 0.25) is 11.9 Å². The van der Waals surface area contributed by atoms with Gasteiger partial charge in [-0.2, -0.15) is 0 Å². The maximum Gasteiger partial charge on any atom is 0.236 e. The summed E-state index contributed by atoms with van der Waals surface area (Å²) in [5.41, 5.74) is 1.06. The summed E-state index contributed by atoms with van der Waals surface area (Å²) in [7, 11) is 0. The molecular weight excluding hydrogens is 396 g/mol. The number of nitrogens with zero attached hydrogens (tertiary/aromatic N) is 6. The molecular formula is C22H26N6OS. The van der Waals surface area contributed by atoms with Crippen LogP contribution >= 0.6 is 11.3 Å². The lowest BCUT2D eigenvalue weighted by atomic mass is 10.0. The van der Waals surface area contributed by atoms with Crippen LogP contribution in [0, 0.1) is 0 Å². The Morgan fingerprint density at radius 1 is 1.00 bits per heavy atom. The highest BCUT2D eigenvalue weighted by molar-refractivity contribution is 7.18. The second-order valence-electron chi connectivity index (χ2n) is 7.92. The highest BCUT2D eigenvalue weighted by atomic mass is 32.1. The Labute approximate surface area is 180 Å². The van der Waals surface area contributed by atoms with Crippen LogP contribution in [0.2, 0.25) is 0 Å². The lowest BCUT2D eigenvalue weighted by molar-refractivity contribution is -0.133. The molecule has 0 saturated carbocycles. The van der Waals surface area contributed by atoms with Crippen molar-refractivity contribution >= 4 is 33.4 Å². The van der Waals surface area contributed by atoms with Crippen LogP contribution in [0.1, 0.15) is 30.3 Å². The van der Waals surface area contributed by atoms with Gasteiger partial charge in [0.15, 0.2) is 0 Å². The van der Waals surface area contributed by atoms with E-state index in [2.05, 4.69) is 38.0 Å². The van der Waals surface area contributed by atoms with Crippen molar-refractivity contribution in [1.29, 1.82) is 0 Å². The van der Waals surface area contributed by atoms with Gasteiger partial charge in [0.25, 0.3) is 0 Å². The zero-order valence-electron chi connectivity index (χ0n) is 17.0. The molecule has 156 valence electrons. The molecule has 1 amide bonds. The number of piperidine rings is 1. The number of hydrogen-bond donors (Lipinski definition) is 0. The summed E-state index contributed by atoms with van der Waals surface area (Å²) in [6, 6.07) is 10.4. The number of hydrogen-bond acceptors (Lipinski definition) is 7. The molecule has 2 aromatic heterocycles. The third-order valence-electron chi connectivity index (χ3n) is 6.01. The SMILES string of the molecule is O=C(CN1CCCC[C@H]1c1nc2ccccc2s1)N1CCN(c2ncccn2)CC1. The average molecular weight is 423 g/mol. The number of amides is 1. The summed E-state index contributed by atoms with van der Waals surface area (Å²) in [5.74, 6) is 0.966. The molecule has 5 rings (SSSR count). The lowest BCUT2D eigenvalue weighted by Crippen LogP contribution is -2.52. The summed E-state index contributed by atoms with van der Waals surface area (Å²) in [6.07, 6.45) is 6.94. The van der Waals surface area contributed by atoms with Crippen LogP contribution in [0.25, 0.3) is 10.2 Å². The van der Waals surface area contributed by atoms with E-state index in [9.17, 15) is 4.79 Å². The number of fused-ring (bicyclic) bond motifs is 1. The minimum atomic E-state index is 0.219. The molecule has 1 atom stereocenters. The molecule has 7 nitrogen and oxygen atoms in total. The predicted octanol–water partition coefficient (Wildman–Crippen LogP) is 2.96. The number of likely N-dealkylation sites (tertiary alicyclic amines) is 1. The van der Waals surface area contributed by atoms with Crippen LogP contribution in [-0.2, 0) is 4.79 Å². The summed E-state index contributed by atoms with van der Waals surface area (Å²) < 4.78 is 1.23. The predicted molar refractivity (Wildman–Crippen MR) is 119 cm³/mol. The Bertz CT molecular complexity index is 968. The van der Waals surface area contributed by atoms with E-state index in [4.69, 9.17) is 4.98 Å². The van der Waals surface area contributed by atoms with E-state index in [0.717, 1.165) is 62.0 Å². The van der Waals surface area contributed by atoms with Crippen molar-refractivity contribution in [1.82, 2.24) is 24.8 Å². The van der Waals surface area contributed by atoms with Crippen molar-refractivity contribution in [3.63, 3.8) is 0 Å². The number of para-hydroxylation sites is 1. The Morgan fingerprint density at radius 3 is 2.60 bits per heavy atom. The molecule has 3 aromatic rings. The number of thiazole rings is 1. The van der Waals surface area contributed by atoms with E-state index in [-0.39, 0.29) is 11.9 Å². The monoisotopic (exact) mass is 422 g/mol. The highest BCUT2D eigenvalue weighted by Gasteiger charge is 2.30. The molecule has 0 radical (unpaired) electrons. The van der Waals surface area contributed by atoms with E-state index in [0.29, 0.717) is 6.54 Å². The fourth-order valence-corrected chi connectivity index (χ4v) is 5.51. The van der Waals surface area contributed by atoms with Gasteiger partial charge in [0.1, 0.15) is 5.01 Å². The molecule has 2 fully saturated rings. The third-order valence-corrected chi connectivity index (χ3v) is 7.15. The van der Waals surface area contributed by atoms with E-state index in [1.165, 1.54) is 11.1 Å². The van der Waals surface area contributed by atoms with E-state index >= 15 is 0 Å². The second-order valence-corrected chi connectivity index (χ2v) is 8.98. The van der Waals surface area contributed by atoms with Gasteiger partial charge in [-0.3, -0.25) is 9.69 Å². The second kappa shape index (κ2) is 8.65. The van der Waals surface area contributed by atoms with E-state index in [1.807, 2.05) is 17.0 Å². The molecule has 2 saturated heterocycles. The minimum absolute atomic E-state index is 0.219. The molecule has 4 heterocycles. The maximum atomic E-state index is 13.1. The van der Waals surface area contributed by atoms with Crippen molar-refractivity contribution in [3.05, 3.63) is 47.7 Å². The Kier molecular flexibility index (Phi) is 5.59. The molecule has 0 spiro atoms. The number of rotatable bonds is 4. The number of piperazine rings is 1. The first kappa shape index (κ1) is 19.4. The van der Waals surface area contributed by atoms with Gasteiger partial charge >= 0.3 is 0 Å². The Morgan fingerprint density at radius 2 is 1.80 bits per heavy atom. The van der Waals surface area contributed by atoms with Crippen molar-refractivity contribution in [2.45, 2.75) is 25.3 Å². The number of anilines is 1. The van der Waals surface area contributed by atoms with Crippen molar-refractivity contribution in [2.75, 3.05) is 44.2 Å². The number of benzene rings is 1. The van der Waals surface area contributed by atoms with Crippen LogP contribution in [-0.4, -0.2) is 69.9 Å². The first-order valence-corrected chi connectivity index (χ1v) is 11.5. The maximum absolute atomic E-state index is 13.1. The topological polar surface area (TPSA) is 65.5 Å². The number of carbonyl (C=O) groups is 1. The van der Waals surface area contributed by atoms with Gasteiger partial charge in [-0.1, -0.05) is 18.6 Å². The van der Waals surface area contributed by atoms with E-state index in [1.54, 1.807) is 23.7 Å². The van der Waals surface area contributed by atoms with Crippen molar-refractivity contribution in [3.8, 4) is 0 Å². The zero-order valence-corrected chi connectivity index (χ0v) is 17.8. The molecule has 2 aliphatic heterocycles. The fourth-order valence-electron chi connectivity index (χ4n) is 4.38. The van der Waals surface area contributed by atoms with Crippen molar-refractivity contribution < 1.29 is 4.79 Å². The van der Waals surface area contributed by atoms with Crippen LogP contribution in [0.5, 0.6) is 0 Å². The quantitative estimate of drug-likeness (QED) is 0.644. The average Bonchev–Trinajstić information content (AvgIpc) is 3.24. The molecule has 0 unspecified atom stereocenters. The van der Waals surface area contributed by atoms with E-state index < -0.39 is 0 Å². The standard InChI is InChI=1S/C22H26N6OS/c29-20(26-12-14-27(15-13-26)22-23-9-5-10-24-22)16-28-11-4-3-7-18(28)21-25-17-6-1-2-8-19(17)30-21/h1-2,5-6,8-10,18H,3-4,7,11-16H2/t18-/m0/s1. The largest absolute Gasteiger partial charge is 0.338 e. The highest BCUT2D eigenvalue weighted by Crippen LogP contribution is 2.35. The summed E-state index contributed by atoms with van der Waals surface area (Å²) in [4.78, 5) is 33.1. The summed E-state index contributed by atoms with van der Waals surface area (Å²) in [6.45, 7) is 4.42. The van der Waals surface area contributed by atoms with Crippen LogP contribution in [0.3, 0.4) is 0 Å². The molecule has 0 bridgehead atoms. The minimum Gasteiger partial charge on any atom is -0.338 e. The first-order valence-electron chi connectivity index (χ1n) is 10.7. The van der Waals surface area contributed by atoms with Crippen LogP contribution < -0.4 is 4.90 Å². The molecule has 0 aliphatic carbocycles. The smallest absolute Gasteiger partial charge is 0.236 e. The first-order chi connectivity index (χ1) is 14.8. The van der Waals surface area contributed by atoms with Gasteiger partial charge in [-0.15, -0.1) is 11.3 Å².